The summed E-state index contributed by atoms with van der Waals surface area (Å²) in [5.74, 6) is -0.117. The maximum Gasteiger partial charge on any atom is 0.278 e. The highest BCUT2D eigenvalue weighted by molar-refractivity contribution is 6.03. The smallest absolute Gasteiger partial charge is 0.278 e. The molecule has 0 fully saturated rings. The molecule has 1 aromatic heterocycles. The minimum Gasteiger partial charge on any atom is -0.489 e. The third kappa shape index (κ3) is 3.77. The summed E-state index contributed by atoms with van der Waals surface area (Å²) in [5.41, 5.74) is 1.93. The Labute approximate surface area is 149 Å². The second-order valence-electron chi connectivity index (χ2n) is 5.49. The topological polar surface area (TPSA) is 69.0 Å². The lowest BCUT2D eigenvalue weighted by molar-refractivity contribution is 0.102. The fraction of sp³-hybridized carbons (Fsp3) is 0.105. The monoisotopic (exact) mass is 352 g/mol. The molecule has 1 heterocycles. The van der Waals surface area contributed by atoms with Gasteiger partial charge in [-0.15, -0.1) is 5.10 Å². The first kappa shape index (κ1) is 17.3. The van der Waals surface area contributed by atoms with Crippen molar-refractivity contribution in [1.29, 1.82) is 0 Å². The standard InChI is InChI=1S/C19H17FN4O2/c1-3-11-26-17-6-4-5-15(12-17)21-19(25)18-13(2)24(23-22-18)16-9-7-14(20)8-10-16/h3-10,12H,1,11H2,2H3,(H,21,25). The van der Waals surface area contributed by atoms with Gasteiger partial charge in [0, 0.05) is 11.8 Å². The summed E-state index contributed by atoms with van der Waals surface area (Å²) in [6, 6.07) is 12.8. The van der Waals surface area contributed by atoms with Gasteiger partial charge in [0.2, 0.25) is 0 Å². The van der Waals surface area contributed by atoms with Crippen molar-refractivity contribution in [3.8, 4) is 11.4 Å². The van der Waals surface area contributed by atoms with Gasteiger partial charge in [-0.2, -0.15) is 0 Å². The van der Waals surface area contributed by atoms with Gasteiger partial charge in [0.05, 0.1) is 11.4 Å². The number of hydrogen-bond donors (Lipinski definition) is 1. The first-order valence-electron chi connectivity index (χ1n) is 7.92. The van der Waals surface area contributed by atoms with E-state index in [0.29, 0.717) is 29.4 Å². The van der Waals surface area contributed by atoms with Gasteiger partial charge in [0.1, 0.15) is 18.2 Å². The SMILES string of the molecule is C=CCOc1cccc(NC(=O)c2nnn(-c3ccc(F)cc3)c2C)c1. The van der Waals surface area contributed by atoms with Gasteiger partial charge in [0.15, 0.2) is 5.69 Å². The molecule has 6 nitrogen and oxygen atoms in total. The van der Waals surface area contributed by atoms with Crippen LogP contribution in [-0.4, -0.2) is 27.5 Å². The average Bonchev–Trinajstić information content (AvgIpc) is 3.02. The number of hydrogen-bond acceptors (Lipinski definition) is 4. The van der Waals surface area contributed by atoms with E-state index >= 15 is 0 Å². The van der Waals surface area contributed by atoms with Crippen LogP contribution in [0.3, 0.4) is 0 Å². The molecule has 1 N–H and O–H groups in total. The molecule has 0 aliphatic carbocycles. The van der Waals surface area contributed by atoms with E-state index in [1.807, 2.05) is 0 Å². The largest absolute Gasteiger partial charge is 0.489 e. The van der Waals surface area contributed by atoms with Gasteiger partial charge in [0.25, 0.3) is 5.91 Å². The van der Waals surface area contributed by atoms with E-state index in [2.05, 4.69) is 22.2 Å². The maximum absolute atomic E-state index is 13.1. The number of nitrogens with one attached hydrogen (secondary N) is 1. The molecule has 1 amide bonds. The number of ether oxygens (including phenoxy) is 1. The van der Waals surface area contributed by atoms with Crippen LogP contribution in [0.15, 0.2) is 61.2 Å². The third-order valence-corrected chi connectivity index (χ3v) is 3.64. The van der Waals surface area contributed by atoms with Gasteiger partial charge in [-0.1, -0.05) is 23.9 Å². The molecule has 3 aromatic rings. The van der Waals surface area contributed by atoms with Crippen molar-refractivity contribution in [2.45, 2.75) is 6.92 Å². The predicted molar refractivity (Wildman–Crippen MR) is 96.1 cm³/mol. The minimum absolute atomic E-state index is 0.187. The highest BCUT2D eigenvalue weighted by atomic mass is 19.1. The average molecular weight is 352 g/mol. The van der Waals surface area contributed by atoms with Crippen LogP contribution in [0, 0.1) is 12.7 Å². The van der Waals surface area contributed by atoms with E-state index in [1.54, 1.807) is 49.4 Å². The van der Waals surface area contributed by atoms with Crippen LogP contribution < -0.4 is 10.1 Å². The van der Waals surface area contributed by atoms with Crippen LogP contribution in [0.4, 0.5) is 10.1 Å². The van der Waals surface area contributed by atoms with Crippen LogP contribution >= 0.6 is 0 Å². The Hall–Kier alpha value is -3.48. The van der Waals surface area contributed by atoms with Crippen molar-refractivity contribution in [1.82, 2.24) is 15.0 Å². The molecule has 0 saturated carbocycles. The van der Waals surface area contributed by atoms with Gasteiger partial charge >= 0.3 is 0 Å². The molecule has 0 atom stereocenters. The summed E-state index contributed by atoms with van der Waals surface area (Å²) >= 11 is 0. The number of aromatic nitrogens is 3. The molecule has 7 heteroatoms. The number of anilines is 1. The molecule has 3 rings (SSSR count). The Morgan fingerprint density at radius 1 is 1.31 bits per heavy atom. The summed E-state index contributed by atoms with van der Waals surface area (Å²) in [6.45, 7) is 5.70. The van der Waals surface area contributed by atoms with E-state index in [9.17, 15) is 9.18 Å². The molecule has 0 saturated heterocycles. The van der Waals surface area contributed by atoms with Crippen LogP contribution in [-0.2, 0) is 0 Å². The molecule has 0 unspecified atom stereocenters. The van der Waals surface area contributed by atoms with Crippen molar-refractivity contribution in [3.05, 3.63) is 78.4 Å². The number of amides is 1. The Balaban J connectivity index is 1.78. The number of rotatable bonds is 6. The van der Waals surface area contributed by atoms with Gasteiger partial charge in [-0.05, 0) is 43.3 Å². The predicted octanol–water partition coefficient (Wildman–Crippen LogP) is 3.53. The van der Waals surface area contributed by atoms with Crippen molar-refractivity contribution < 1.29 is 13.9 Å². The first-order valence-corrected chi connectivity index (χ1v) is 7.92. The number of benzene rings is 2. The van der Waals surface area contributed by atoms with E-state index in [-0.39, 0.29) is 11.5 Å². The number of carbonyl (C=O) groups excluding carboxylic acids is 1. The van der Waals surface area contributed by atoms with E-state index < -0.39 is 5.91 Å². The zero-order valence-corrected chi connectivity index (χ0v) is 14.1. The van der Waals surface area contributed by atoms with Gasteiger partial charge < -0.3 is 10.1 Å². The Morgan fingerprint density at radius 2 is 2.08 bits per heavy atom. The van der Waals surface area contributed by atoms with Crippen molar-refractivity contribution in [3.63, 3.8) is 0 Å². The maximum atomic E-state index is 13.1. The summed E-state index contributed by atoms with van der Waals surface area (Å²) in [5, 5.41) is 10.7. The van der Waals surface area contributed by atoms with Crippen LogP contribution in [0.1, 0.15) is 16.2 Å². The van der Waals surface area contributed by atoms with Crippen LogP contribution in [0.25, 0.3) is 5.69 Å². The molecule has 26 heavy (non-hydrogen) atoms. The van der Waals surface area contributed by atoms with Gasteiger partial charge in [-0.3, -0.25) is 4.79 Å². The minimum atomic E-state index is -0.392. The zero-order chi connectivity index (χ0) is 18.5. The molecule has 0 aliphatic rings. The lowest BCUT2D eigenvalue weighted by Crippen LogP contribution is -2.14. The summed E-state index contributed by atoms with van der Waals surface area (Å²) in [4.78, 5) is 12.5. The molecule has 132 valence electrons. The van der Waals surface area contributed by atoms with E-state index in [4.69, 9.17) is 4.74 Å². The van der Waals surface area contributed by atoms with Crippen LogP contribution in [0.2, 0.25) is 0 Å². The Kier molecular flexibility index (Phi) is 5.07. The highest BCUT2D eigenvalue weighted by Crippen LogP contribution is 2.19. The lowest BCUT2D eigenvalue weighted by atomic mass is 10.2. The summed E-state index contributed by atoms with van der Waals surface area (Å²) in [6.07, 6.45) is 1.64. The van der Waals surface area contributed by atoms with Crippen molar-refractivity contribution >= 4 is 11.6 Å². The highest BCUT2D eigenvalue weighted by Gasteiger charge is 2.17. The van der Waals surface area contributed by atoms with Crippen LogP contribution in [0.5, 0.6) is 5.75 Å². The van der Waals surface area contributed by atoms with Gasteiger partial charge in [-0.25, -0.2) is 9.07 Å². The number of halogens is 1. The fourth-order valence-electron chi connectivity index (χ4n) is 2.38. The third-order valence-electron chi connectivity index (χ3n) is 3.64. The summed E-state index contributed by atoms with van der Waals surface area (Å²) < 4.78 is 20.0. The normalized spacial score (nSPS) is 10.4. The molecule has 0 spiro atoms. The molecule has 0 radical (unpaired) electrons. The Bertz CT molecular complexity index is 935. The molecule has 0 aliphatic heterocycles. The number of carbonyl (C=O) groups is 1. The molecular weight excluding hydrogens is 335 g/mol. The molecular formula is C19H17FN4O2. The quantitative estimate of drug-likeness (QED) is 0.689. The van der Waals surface area contributed by atoms with Crippen molar-refractivity contribution in [2.75, 3.05) is 11.9 Å². The lowest BCUT2D eigenvalue weighted by Gasteiger charge is -2.07. The first-order chi connectivity index (χ1) is 12.6. The Morgan fingerprint density at radius 3 is 2.81 bits per heavy atom. The second kappa shape index (κ2) is 7.60. The number of nitrogens with zero attached hydrogens (tertiary/aromatic N) is 3. The fourth-order valence-corrected chi connectivity index (χ4v) is 2.38. The van der Waals surface area contributed by atoms with E-state index in [0.717, 1.165) is 0 Å². The summed E-state index contributed by atoms with van der Waals surface area (Å²) in [7, 11) is 0. The second-order valence-corrected chi connectivity index (χ2v) is 5.49. The molecule has 2 aromatic carbocycles. The van der Waals surface area contributed by atoms with Crippen molar-refractivity contribution in [2.24, 2.45) is 0 Å². The van der Waals surface area contributed by atoms with E-state index in [1.165, 1.54) is 16.8 Å². The molecule has 0 bridgehead atoms. The zero-order valence-electron chi connectivity index (χ0n) is 14.1.